The summed E-state index contributed by atoms with van der Waals surface area (Å²) < 4.78 is 17.3. The first-order chi connectivity index (χ1) is 14.4. The maximum Gasteiger partial charge on any atom is 0.249 e. The number of hydrogen-bond donors (Lipinski definition) is 1. The van der Waals surface area contributed by atoms with E-state index in [1.54, 1.807) is 26.4 Å². The van der Waals surface area contributed by atoms with Gasteiger partial charge in [-0.25, -0.2) is 0 Å². The van der Waals surface area contributed by atoms with Crippen molar-refractivity contribution in [3.8, 4) is 16.9 Å². The van der Waals surface area contributed by atoms with Crippen molar-refractivity contribution in [3.63, 3.8) is 0 Å². The molecule has 0 fully saturated rings. The minimum absolute atomic E-state index is 0.303. The van der Waals surface area contributed by atoms with Gasteiger partial charge in [-0.05, 0) is 43.2 Å². The molecule has 2 aromatic heterocycles. The Balaban J connectivity index is 1.72. The summed E-state index contributed by atoms with van der Waals surface area (Å²) >= 11 is 3.46. The van der Waals surface area contributed by atoms with E-state index in [1.807, 2.05) is 43.3 Å². The van der Waals surface area contributed by atoms with Crippen LogP contribution in [0.15, 0.2) is 68.2 Å². The highest BCUT2D eigenvalue weighted by molar-refractivity contribution is 9.10. The van der Waals surface area contributed by atoms with Crippen LogP contribution in [0.3, 0.4) is 0 Å². The fraction of sp³-hybridized carbons (Fsp3) is 0.130. The number of fused-ring (bicyclic) bond motifs is 1. The molecule has 0 aliphatic heterocycles. The van der Waals surface area contributed by atoms with Crippen LogP contribution in [0.5, 0.6) is 5.75 Å². The van der Waals surface area contributed by atoms with Gasteiger partial charge < -0.3 is 19.0 Å². The van der Waals surface area contributed by atoms with Crippen LogP contribution in [-0.4, -0.2) is 18.2 Å². The Labute approximate surface area is 181 Å². The van der Waals surface area contributed by atoms with Gasteiger partial charge in [0.15, 0.2) is 5.82 Å². The third-order valence-corrected chi connectivity index (χ3v) is 5.23. The van der Waals surface area contributed by atoms with Crippen molar-refractivity contribution in [2.75, 3.05) is 12.4 Å². The van der Waals surface area contributed by atoms with E-state index >= 15 is 0 Å². The van der Waals surface area contributed by atoms with Gasteiger partial charge in [-0.3, -0.25) is 4.79 Å². The largest absolute Gasteiger partial charge is 0.496 e. The molecule has 0 saturated carbocycles. The zero-order chi connectivity index (χ0) is 21.3. The van der Waals surface area contributed by atoms with Crippen molar-refractivity contribution in [2.24, 2.45) is 0 Å². The Kier molecular flexibility index (Phi) is 5.46. The first kappa shape index (κ1) is 20.0. The number of rotatable bonds is 5. The average Bonchev–Trinajstić information content (AvgIpc) is 3.32. The van der Waals surface area contributed by atoms with E-state index in [-0.39, 0.29) is 5.91 Å². The molecule has 0 unspecified atom stereocenters. The molecule has 0 aliphatic rings. The highest BCUT2D eigenvalue weighted by Crippen LogP contribution is 2.37. The minimum atomic E-state index is -0.303. The number of amides is 1. The molecule has 1 amide bonds. The number of nitrogens with zero attached hydrogens (tertiary/aromatic N) is 1. The molecule has 2 heterocycles. The van der Waals surface area contributed by atoms with Gasteiger partial charge in [0.05, 0.1) is 13.4 Å². The van der Waals surface area contributed by atoms with Crippen LogP contribution in [0.1, 0.15) is 18.2 Å². The summed E-state index contributed by atoms with van der Waals surface area (Å²) in [6, 6.07) is 13.5. The number of carbonyl (C=O) groups excluding carboxylic acids is 1. The number of carbonyl (C=O) groups is 1. The zero-order valence-electron chi connectivity index (χ0n) is 16.7. The Morgan fingerprint density at radius 2 is 1.97 bits per heavy atom. The summed E-state index contributed by atoms with van der Waals surface area (Å²) in [5, 5.41) is 7.41. The monoisotopic (exact) mass is 466 g/mol. The van der Waals surface area contributed by atoms with Crippen LogP contribution >= 0.6 is 15.9 Å². The lowest BCUT2D eigenvalue weighted by atomic mass is 9.99. The van der Waals surface area contributed by atoms with Crippen molar-refractivity contribution < 1.29 is 18.5 Å². The van der Waals surface area contributed by atoms with Crippen LogP contribution in [0, 0.1) is 6.92 Å². The quantitative estimate of drug-likeness (QED) is 0.353. The number of allylic oxidation sites excluding steroid dienone is 1. The van der Waals surface area contributed by atoms with Crippen LogP contribution < -0.4 is 10.1 Å². The van der Waals surface area contributed by atoms with E-state index in [2.05, 4.69) is 26.4 Å². The number of nitrogens with one attached hydrogen (secondary N) is 1. The second-order valence-electron chi connectivity index (χ2n) is 6.84. The van der Waals surface area contributed by atoms with Crippen molar-refractivity contribution >= 4 is 44.2 Å². The standard InChI is InChI=1S/C23H19BrN2O4/c1-13(8-23(27)25-22-9-14(2)30-26-22)17-10-18-19(15-4-6-16(24)7-5-15)12-29-21(18)11-20(17)28-3/h4-12H,1-3H3,(H,25,26,27)/b13-8+. The maximum absolute atomic E-state index is 12.4. The molecular weight excluding hydrogens is 448 g/mol. The molecule has 0 radical (unpaired) electrons. The topological polar surface area (TPSA) is 77.5 Å². The van der Waals surface area contributed by atoms with E-state index in [0.29, 0.717) is 22.9 Å². The van der Waals surface area contributed by atoms with Crippen LogP contribution in [0.4, 0.5) is 5.82 Å². The van der Waals surface area contributed by atoms with E-state index < -0.39 is 0 Å². The smallest absolute Gasteiger partial charge is 0.249 e. The number of hydrogen-bond acceptors (Lipinski definition) is 5. The Hall–Kier alpha value is -3.32. The summed E-state index contributed by atoms with van der Waals surface area (Å²) in [6.45, 7) is 3.62. The first-order valence-corrected chi connectivity index (χ1v) is 10.0. The number of aromatic nitrogens is 1. The minimum Gasteiger partial charge on any atom is -0.496 e. The molecule has 30 heavy (non-hydrogen) atoms. The lowest BCUT2D eigenvalue weighted by Gasteiger charge is -2.10. The lowest BCUT2D eigenvalue weighted by Crippen LogP contribution is -2.08. The van der Waals surface area contributed by atoms with Gasteiger partial charge in [-0.2, -0.15) is 0 Å². The van der Waals surface area contributed by atoms with E-state index in [1.165, 1.54) is 6.08 Å². The molecule has 4 aromatic rings. The summed E-state index contributed by atoms with van der Waals surface area (Å²) in [7, 11) is 1.59. The molecule has 4 rings (SSSR count). The fourth-order valence-electron chi connectivity index (χ4n) is 3.25. The molecule has 0 bridgehead atoms. The van der Waals surface area contributed by atoms with Crippen molar-refractivity contribution in [1.29, 1.82) is 0 Å². The third kappa shape index (κ3) is 4.02. The summed E-state index contributed by atoms with van der Waals surface area (Å²) in [4.78, 5) is 12.4. The number of benzene rings is 2. The molecule has 152 valence electrons. The lowest BCUT2D eigenvalue weighted by molar-refractivity contribution is -0.111. The van der Waals surface area contributed by atoms with Gasteiger partial charge in [0.1, 0.15) is 17.1 Å². The van der Waals surface area contributed by atoms with Crippen LogP contribution in [-0.2, 0) is 4.79 Å². The zero-order valence-corrected chi connectivity index (χ0v) is 18.2. The van der Waals surface area contributed by atoms with Gasteiger partial charge in [0.25, 0.3) is 0 Å². The number of anilines is 1. The number of furan rings is 1. The fourth-order valence-corrected chi connectivity index (χ4v) is 3.51. The van der Waals surface area contributed by atoms with E-state index in [9.17, 15) is 4.79 Å². The highest BCUT2D eigenvalue weighted by Gasteiger charge is 2.15. The SMILES string of the molecule is COc1cc2occ(-c3ccc(Br)cc3)c2cc1/C(C)=C/C(=O)Nc1cc(C)on1. The Morgan fingerprint density at radius 1 is 1.20 bits per heavy atom. The molecule has 0 aliphatic carbocycles. The molecule has 0 spiro atoms. The summed E-state index contributed by atoms with van der Waals surface area (Å²) in [5.74, 6) is 1.32. The number of aryl methyl sites for hydroxylation is 1. The Morgan fingerprint density at radius 3 is 2.63 bits per heavy atom. The normalized spacial score (nSPS) is 11.7. The number of halogens is 1. The molecule has 0 atom stereocenters. The average molecular weight is 467 g/mol. The summed E-state index contributed by atoms with van der Waals surface area (Å²) in [6.07, 6.45) is 3.24. The van der Waals surface area contributed by atoms with Gasteiger partial charge in [-0.15, -0.1) is 0 Å². The second kappa shape index (κ2) is 8.20. The van der Waals surface area contributed by atoms with Crippen LogP contribution in [0.25, 0.3) is 27.7 Å². The maximum atomic E-state index is 12.4. The summed E-state index contributed by atoms with van der Waals surface area (Å²) in [5.41, 5.74) is 4.26. The number of methoxy groups -OCH3 is 1. The highest BCUT2D eigenvalue weighted by atomic mass is 79.9. The predicted molar refractivity (Wildman–Crippen MR) is 119 cm³/mol. The van der Waals surface area contributed by atoms with Crippen molar-refractivity contribution in [1.82, 2.24) is 5.16 Å². The molecule has 0 saturated heterocycles. The van der Waals surface area contributed by atoms with Gasteiger partial charge in [0, 0.05) is 39.2 Å². The van der Waals surface area contributed by atoms with Gasteiger partial charge >= 0.3 is 0 Å². The molecular formula is C23H19BrN2O4. The third-order valence-electron chi connectivity index (χ3n) is 4.70. The molecule has 2 aromatic carbocycles. The Bertz CT molecular complexity index is 1250. The van der Waals surface area contributed by atoms with Crippen LogP contribution in [0.2, 0.25) is 0 Å². The van der Waals surface area contributed by atoms with Crippen molar-refractivity contribution in [2.45, 2.75) is 13.8 Å². The molecule has 1 N–H and O–H groups in total. The predicted octanol–water partition coefficient (Wildman–Crippen LogP) is 6.21. The van der Waals surface area contributed by atoms with Gasteiger partial charge in [-0.1, -0.05) is 33.2 Å². The van der Waals surface area contributed by atoms with E-state index in [0.717, 1.165) is 32.1 Å². The molecule has 6 nitrogen and oxygen atoms in total. The molecule has 7 heteroatoms. The van der Waals surface area contributed by atoms with Gasteiger partial charge in [0.2, 0.25) is 5.91 Å². The van der Waals surface area contributed by atoms with Crippen molar-refractivity contribution in [3.05, 3.63) is 70.6 Å². The second-order valence-corrected chi connectivity index (χ2v) is 7.76. The first-order valence-electron chi connectivity index (χ1n) is 9.23. The number of ether oxygens (including phenoxy) is 1. The van der Waals surface area contributed by atoms with E-state index in [4.69, 9.17) is 13.7 Å².